The molecule has 2 heterocycles. The summed E-state index contributed by atoms with van der Waals surface area (Å²) in [5.41, 5.74) is 3.81. The van der Waals surface area contributed by atoms with Gasteiger partial charge in [0.1, 0.15) is 8.64 Å². The van der Waals surface area contributed by atoms with Gasteiger partial charge in [0.05, 0.1) is 22.9 Å². The van der Waals surface area contributed by atoms with Crippen molar-refractivity contribution in [3.8, 4) is 0 Å². The first kappa shape index (κ1) is 24.6. The molecule has 178 valence electrons. The Hall–Kier alpha value is -3.04. The van der Waals surface area contributed by atoms with Crippen molar-refractivity contribution in [1.82, 2.24) is 9.80 Å². The molecule has 5 rings (SSSR count). The summed E-state index contributed by atoms with van der Waals surface area (Å²) in [5.74, 6) is -0.190. The molecule has 3 aromatic carbocycles. The van der Waals surface area contributed by atoms with Crippen LogP contribution in [0.25, 0.3) is 12.2 Å². The van der Waals surface area contributed by atoms with Crippen molar-refractivity contribution >= 4 is 80.6 Å². The van der Waals surface area contributed by atoms with E-state index in [1.165, 1.54) is 23.5 Å². The lowest BCUT2D eigenvalue weighted by Crippen LogP contribution is -2.28. The number of thiocarbonyl (C=S) groups is 2. The highest BCUT2D eigenvalue weighted by atomic mass is 32.2. The summed E-state index contributed by atoms with van der Waals surface area (Å²) in [6.45, 7) is 0.744. The van der Waals surface area contributed by atoms with E-state index >= 15 is 0 Å². The van der Waals surface area contributed by atoms with Gasteiger partial charge in [-0.2, -0.15) is 0 Å². The highest BCUT2D eigenvalue weighted by molar-refractivity contribution is 8.27. The van der Waals surface area contributed by atoms with Crippen LogP contribution in [0.4, 0.5) is 0 Å². The third-order valence-electron chi connectivity index (χ3n) is 5.61. The van der Waals surface area contributed by atoms with E-state index < -0.39 is 0 Å². The number of benzene rings is 3. The second kappa shape index (κ2) is 10.9. The Morgan fingerprint density at radius 3 is 1.44 bits per heavy atom. The Morgan fingerprint density at radius 2 is 1.03 bits per heavy atom. The molecule has 0 radical (unpaired) electrons. The van der Waals surface area contributed by atoms with Gasteiger partial charge in [-0.3, -0.25) is 19.4 Å². The van der Waals surface area contributed by atoms with E-state index in [1.54, 1.807) is 9.80 Å². The highest BCUT2D eigenvalue weighted by Crippen LogP contribution is 2.35. The van der Waals surface area contributed by atoms with Crippen molar-refractivity contribution in [3.05, 3.63) is 117 Å². The molecule has 2 aliphatic rings. The molecule has 4 nitrogen and oxygen atoms in total. The van der Waals surface area contributed by atoms with Crippen molar-refractivity contribution in [2.45, 2.75) is 13.1 Å². The van der Waals surface area contributed by atoms with Crippen molar-refractivity contribution < 1.29 is 9.59 Å². The molecule has 2 saturated heterocycles. The highest BCUT2D eigenvalue weighted by Gasteiger charge is 2.33. The Morgan fingerprint density at radius 1 is 0.611 bits per heavy atom. The second-order valence-corrected chi connectivity index (χ2v) is 11.5. The summed E-state index contributed by atoms with van der Waals surface area (Å²) in [5, 5.41) is 0. The zero-order valence-corrected chi connectivity index (χ0v) is 22.3. The number of carbonyl (C=O) groups excluding carboxylic acids is 2. The zero-order chi connectivity index (χ0) is 25.1. The number of thioether (sulfide) groups is 2. The second-order valence-electron chi connectivity index (χ2n) is 8.18. The summed E-state index contributed by atoms with van der Waals surface area (Å²) in [7, 11) is 0. The number of carbonyl (C=O) groups is 2. The molecule has 0 N–H and O–H groups in total. The van der Waals surface area contributed by atoms with Crippen LogP contribution in [0.2, 0.25) is 0 Å². The monoisotopic (exact) mass is 544 g/mol. The standard InChI is InChI=1S/C28H20N2O2S4/c31-25-23(15-19-8-3-1-4-9-19)35-27(33)29(25)17-21-12-7-13-22(14-21)18-30-26(32)24(36-28(30)34)16-20-10-5-2-6-11-20/h1-16H,17-18H2/b23-15-,24-16-. The maximum absolute atomic E-state index is 13.0. The maximum atomic E-state index is 13.0. The van der Waals surface area contributed by atoms with Gasteiger partial charge in [-0.1, -0.05) is 133 Å². The van der Waals surface area contributed by atoms with E-state index in [1.807, 2.05) is 97.1 Å². The Bertz CT molecular complexity index is 1310. The van der Waals surface area contributed by atoms with Gasteiger partial charge in [0.25, 0.3) is 11.8 Å². The van der Waals surface area contributed by atoms with Gasteiger partial charge in [-0.05, 0) is 34.4 Å². The van der Waals surface area contributed by atoms with Crippen LogP contribution in [0.15, 0.2) is 94.7 Å². The number of amides is 2. The molecule has 2 fully saturated rings. The lowest BCUT2D eigenvalue weighted by Gasteiger charge is -2.17. The molecule has 3 aromatic rings. The first-order valence-electron chi connectivity index (χ1n) is 11.2. The number of rotatable bonds is 6. The van der Waals surface area contributed by atoms with Gasteiger partial charge in [0, 0.05) is 0 Å². The SMILES string of the molecule is O=C1/C(=C/c2ccccc2)SC(=S)N1Cc1cccc(CN2C(=O)/C(=C/c3ccccc3)SC2=S)c1. The summed E-state index contributed by atoms with van der Waals surface area (Å²) in [6.07, 6.45) is 3.74. The van der Waals surface area contributed by atoms with Crippen LogP contribution in [0.1, 0.15) is 22.3 Å². The van der Waals surface area contributed by atoms with Crippen LogP contribution in [0, 0.1) is 0 Å². The summed E-state index contributed by atoms with van der Waals surface area (Å²) in [4.78, 5) is 30.5. The average molecular weight is 545 g/mol. The third-order valence-corrected chi connectivity index (χ3v) is 8.37. The molecule has 0 atom stereocenters. The van der Waals surface area contributed by atoms with Crippen LogP contribution in [0.5, 0.6) is 0 Å². The van der Waals surface area contributed by atoms with E-state index in [2.05, 4.69) is 0 Å². The van der Waals surface area contributed by atoms with E-state index in [0.29, 0.717) is 31.5 Å². The molecule has 0 unspecified atom stereocenters. The van der Waals surface area contributed by atoms with E-state index in [0.717, 1.165) is 22.3 Å². The Labute approximate surface area is 229 Å². The van der Waals surface area contributed by atoms with Gasteiger partial charge >= 0.3 is 0 Å². The fourth-order valence-electron chi connectivity index (χ4n) is 3.87. The molecular formula is C28H20N2O2S4. The number of hydrogen-bond acceptors (Lipinski definition) is 6. The van der Waals surface area contributed by atoms with Crippen LogP contribution >= 0.6 is 48.0 Å². The number of hydrogen-bond donors (Lipinski definition) is 0. The predicted molar refractivity (Wildman–Crippen MR) is 157 cm³/mol. The van der Waals surface area contributed by atoms with E-state index in [4.69, 9.17) is 24.4 Å². The molecule has 0 saturated carbocycles. The summed E-state index contributed by atoms with van der Waals surface area (Å²) < 4.78 is 1.08. The predicted octanol–water partition coefficient (Wildman–Crippen LogP) is 6.49. The maximum Gasteiger partial charge on any atom is 0.266 e. The molecule has 2 aliphatic heterocycles. The fraction of sp³-hybridized carbons (Fsp3) is 0.0714. The summed E-state index contributed by atoms with van der Waals surface area (Å²) >= 11 is 13.6. The van der Waals surface area contributed by atoms with Crippen molar-refractivity contribution in [1.29, 1.82) is 0 Å². The largest absolute Gasteiger partial charge is 0.288 e. The first-order valence-corrected chi connectivity index (χ1v) is 13.6. The van der Waals surface area contributed by atoms with Crippen molar-refractivity contribution in [2.75, 3.05) is 0 Å². The minimum absolute atomic E-state index is 0.0951. The van der Waals surface area contributed by atoms with Gasteiger partial charge in [-0.25, -0.2) is 0 Å². The van der Waals surface area contributed by atoms with Gasteiger partial charge in [0.2, 0.25) is 0 Å². The molecule has 0 spiro atoms. The lowest BCUT2D eigenvalue weighted by atomic mass is 10.1. The Kier molecular flexibility index (Phi) is 7.48. The van der Waals surface area contributed by atoms with Gasteiger partial charge in [-0.15, -0.1) is 0 Å². The minimum atomic E-state index is -0.0951. The molecule has 0 aromatic heterocycles. The van der Waals surface area contributed by atoms with Gasteiger partial charge in [0.15, 0.2) is 0 Å². The first-order chi connectivity index (χ1) is 17.5. The van der Waals surface area contributed by atoms with Crippen molar-refractivity contribution in [3.63, 3.8) is 0 Å². The van der Waals surface area contributed by atoms with Crippen LogP contribution < -0.4 is 0 Å². The van der Waals surface area contributed by atoms with Crippen LogP contribution in [-0.2, 0) is 22.7 Å². The van der Waals surface area contributed by atoms with E-state index in [-0.39, 0.29) is 11.8 Å². The quantitative estimate of drug-likeness (QED) is 0.261. The Balaban J connectivity index is 1.28. The zero-order valence-electron chi connectivity index (χ0n) is 19.0. The molecule has 2 amide bonds. The third kappa shape index (κ3) is 5.52. The normalized spacial score (nSPS) is 18.2. The fourth-order valence-corrected chi connectivity index (χ4v) is 6.38. The average Bonchev–Trinajstić information content (AvgIpc) is 3.30. The molecular weight excluding hydrogens is 525 g/mol. The van der Waals surface area contributed by atoms with Crippen molar-refractivity contribution in [2.24, 2.45) is 0 Å². The van der Waals surface area contributed by atoms with Gasteiger partial charge < -0.3 is 0 Å². The molecule has 8 heteroatoms. The van der Waals surface area contributed by atoms with Crippen LogP contribution in [-0.4, -0.2) is 30.3 Å². The minimum Gasteiger partial charge on any atom is -0.288 e. The lowest BCUT2D eigenvalue weighted by molar-refractivity contribution is -0.123. The molecule has 36 heavy (non-hydrogen) atoms. The van der Waals surface area contributed by atoms with Crippen LogP contribution in [0.3, 0.4) is 0 Å². The van der Waals surface area contributed by atoms with E-state index in [9.17, 15) is 9.59 Å². The topological polar surface area (TPSA) is 40.6 Å². The number of nitrogens with zero attached hydrogens (tertiary/aromatic N) is 2. The molecule has 0 bridgehead atoms. The summed E-state index contributed by atoms with van der Waals surface area (Å²) in [6, 6.07) is 27.3. The molecule has 0 aliphatic carbocycles. The smallest absolute Gasteiger partial charge is 0.266 e.